The Morgan fingerprint density at radius 2 is 1.89 bits per heavy atom. The molecule has 15 heteroatoms. The van der Waals surface area contributed by atoms with Gasteiger partial charge in [-0.2, -0.15) is 0 Å². The summed E-state index contributed by atoms with van der Waals surface area (Å²) in [6, 6.07) is 6.03. The van der Waals surface area contributed by atoms with Crippen LogP contribution < -0.4 is 10.6 Å². The summed E-state index contributed by atoms with van der Waals surface area (Å²) in [7, 11) is 1.51. The molecule has 0 radical (unpaired) electrons. The molecule has 0 unspecified atom stereocenters. The van der Waals surface area contributed by atoms with Crippen LogP contribution in [0, 0.1) is 5.41 Å². The lowest BCUT2D eigenvalue weighted by Crippen LogP contribution is -2.57. The molecule has 0 saturated heterocycles. The molecule has 37 heavy (non-hydrogen) atoms. The van der Waals surface area contributed by atoms with Gasteiger partial charge in [-0.1, -0.05) is 22.9 Å². The van der Waals surface area contributed by atoms with E-state index in [1.54, 1.807) is 19.1 Å². The number of hydrogen-bond donors (Lipinski definition) is 2. The van der Waals surface area contributed by atoms with Gasteiger partial charge in [0.15, 0.2) is 11.5 Å². The smallest absolute Gasteiger partial charge is 0.413 e. The molecular formula is C22H20ClF4N7O3. The third-order valence-electron chi connectivity index (χ3n) is 5.84. The van der Waals surface area contributed by atoms with Gasteiger partial charge in [-0.25, -0.2) is 32.0 Å². The lowest BCUT2D eigenvalue weighted by molar-refractivity contribution is -0.208. The summed E-state index contributed by atoms with van der Waals surface area (Å²) in [4.78, 5) is 32.9. The zero-order valence-corrected chi connectivity index (χ0v) is 20.1. The van der Waals surface area contributed by atoms with E-state index in [2.05, 4.69) is 30.9 Å². The number of hydrogen-bond acceptors (Lipinski definition) is 7. The molecular weight excluding hydrogens is 522 g/mol. The van der Waals surface area contributed by atoms with Crippen molar-refractivity contribution in [2.75, 3.05) is 10.6 Å². The van der Waals surface area contributed by atoms with Crippen molar-refractivity contribution in [1.29, 1.82) is 0 Å². The highest BCUT2D eigenvalue weighted by Gasteiger charge is 2.65. The quantitative estimate of drug-likeness (QED) is 0.323. The Hall–Kier alpha value is -3.81. The van der Waals surface area contributed by atoms with Gasteiger partial charge in [0.25, 0.3) is 12.3 Å². The highest BCUT2D eigenvalue weighted by molar-refractivity contribution is 6.30. The minimum atomic E-state index is -3.31. The predicted octanol–water partition coefficient (Wildman–Crippen LogP) is 4.85. The van der Waals surface area contributed by atoms with Gasteiger partial charge in [0.05, 0.1) is 17.6 Å². The minimum absolute atomic E-state index is 0.0176. The second-order valence-electron chi connectivity index (χ2n) is 8.52. The number of rotatable bonds is 7. The number of halogens is 5. The highest BCUT2D eigenvalue weighted by atomic mass is 35.5. The molecule has 0 bridgehead atoms. The fraction of sp³-hybridized carbons (Fsp3) is 0.364. The largest absolute Gasteiger partial charge is 0.441 e. The first kappa shape index (κ1) is 26.3. The third kappa shape index (κ3) is 5.33. The summed E-state index contributed by atoms with van der Waals surface area (Å²) < 4.78 is 59.9. The summed E-state index contributed by atoms with van der Waals surface area (Å²) in [5.74, 6) is -4.39. The third-order valence-corrected chi connectivity index (χ3v) is 6.15. The molecule has 1 atom stereocenters. The molecule has 0 aromatic carbocycles. The van der Waals surface area contributed by atoms with E-state index in [4.69, 9.17) is 16.3 Å². The normalized spacial score (nSPS) is 16.5. The Morgan fingerprint density at radius 3 is 2.49 bits per heavy atom. The number of pyridine rings is 2. The Balaban J connectivity index is 1.45. The fourth-order valence-electron chi connectivity index (χ4n) is 3.87. The first-order valence-corrected chi connectivity index (χ1v) is 11.2. The molecule has 1 aliphatic rings. The molecule has 0 aliphatic heterocycles. The van der Waals surface area contributed by atoms with Crippen LogP contribution >= 0.6 is 11.6 Å². The van der Waals surface area contributed by atoms with Crippen LogP contribution in [0.15, 0.2) is 36.7 Å². The molecule has 4 rings (SSSR count). The Kier molecular flexibility index (Phi) is 7.04. The number of ether oxygens (including phenoxy) is 1. The standard InChI is InChI=1S/C22H20ClF4N7O3/c1-11(13-4-3-7-28-16(13)23)37-20(36)31-17-15(32-33-34(17)2)14-6-5-12(8-29-14)30-19(35)21(18(24)25)9-22(26,27)10-21/h3-8,11,18H,9-10H2,1-2H3,(H,30,35)(H,31,36)/t11-/m1/s1. The molecule has 3 aromatic heterocycles. The van der Waals surface area contributed by atoms with Crippen molar-refractivity contribution in [2.45, 2.75) is 38.2 Å². The average molecular weight is 542 g/mol. The Labute approximate surface area is 212 Å². The van der Waals surface area contributed by atoms with Crippen LogP contribution in [0.3, 0.4) is 0 Å². The lowest BCUT2D eigenvalue weighted by Gasteiger charge is -2.44. The van der Waals surface area contributed by atoms with Crippen molar-refractivity contribution in [2.24, 2.45) is 12.5 Å². The zero-order chi connectivity index (χ0) is 27.0. The number of carbonyl (C=O) groups is 2. The van der Waals surface area contributed by atoms with Gasteiger partial charge in [0, 0.05) is 31.6 Å². The SMILES string of the molecule is C[C@@H](OC(=O)Nc1c(-c2ccc(NC(=O)C3(C(F)F)CC(F)(F)C3)cn2)nnn1C)c1cccnc1Cl. The summed E-state index contributed by atoms with van der Waals surface area (Å²) in [5, 5.41) is 12.7. The van der Waals surface area contributed by atoms with E-state index in [9.17, 15) is 27.2 Å². The van der Waals surface area contributed by atoms with Crippen LogP contribution in [0.2, 0.25) is 5.15 Å². The molecule has 1 fully saturated rings. The zero-order valence-electron chi connectivity index (χ0n) is 19.4. The maximum atomic E-state index is 13.4. The van der Waals surface area contributed by atoms with E-state index in [1.165, 1.54) is 30.1 Å². The van der Waals surface area contributed by atoms with Gasteiger partial charge >= 0.3 is 6.09 Å². The number of amides is 2. The highest BCUT2D eigenvalue weighted by Crippen LogP contribution is 2.55. The lowest BCUT2D eigenvalue weighted by atomic mass is 9.65. The van der Waals surface area contributed by atoms with Crippen molar-refractivity contribution in [3.05, 3.63) is 47.4 Å². The molecule has 3 heterocycles. The van der Waals surface area contributed by atoms with Crippen molar-refractivity contribution in [3.8, 4) is 11.4 Å². The molecule has 2 N–H and O–H groups in total. The predicted molar refractivity (Wildman–Crippen MR) is 123 cm³/mol. The van der Waals surface area contributed by atoms with Gasteiger partial charge in [0.2, 0.25) is 5.91 Å². The van der Waals surface area contributed by atoms with Crippen LogP contribution in [0.4, 0.5) is 33.9 Å². The molecule has 3 aromatic rings. The second kappa shape index (κ2) is 9.92. The maximum absolute atomic E-state index is 13.4. The number of anilines is 2. The number of nitrogens with zero attached hydrogens (tertiary/aromatic N) is 5. The topological polar surface area (TPSA) is 124 Å². The molecule has 196 valence electrons. The van der Waals surface area contributed by atoms with Crippen LogP contribution in [-0.4, -0.2) is 49.3 Å². The van der Waals surface area contributed by atoms with Crippen molar-refractivity contribution < 1.29 is 31.9 Å². The van der Waals surface area contributed by atoms with E-state index in [1.807, 2.05) is 0 Å². The summed E-state index contributed by atoms with van der Waals surface area (Å²) in [6.07, 6.45) is -4.62. The maximum Gasteiger partial charge on any atom is 0.413 e. The van der Waals surface area contributed by atoms with Crippen LogP contribution in [0.5, 0.6) is 0 Å². The van der Waals surface area contributed by atoms with Crippen LogP contribution in [-0.2, 0) is 16.6 Å². The van der Waals surface area contributed by atoms with Crippen molar-refractivity contribution in [3.63, 3.8) is 0 Å². The molecule has 1 saturated carbocycles. The molecule has 10 nitrogen and oxygen atoms in total. The number of alkyl halides is 4. The summed E-state index contributed by atoms with van der Waals surface area (Å²) in [6.45, 7) is 1.61. The summed E-state index contributed by atoms with van der Waals surface area (Å²) in [5.41, 5.74) is -1.58. The van der Waals surface area contributed by atoms with Gasteiger partial charge in [-0.05, 0) is 25.1 Å². The molecule has 2 amide bonds. The Bertz CT molecular complexity index is 1310. The number of carbonyl (C=O) groups excluding carboxylic acids is 2. The fourth-order valence-corrected chi connectivity index (χ4v) is 4.14. The monoisotopic (exact) mass is 541 g/mol. The molecule has 0 spiro atoms. The van der Waals surface area contributed by atoms with E-state index < -0.39 is 48.7 Å². The van der Waals surface area contributed by atoms with Gasteiger partial charge in [-0.3, -0.25) is 15.1 Å². The second-order valence-corrected chi connectivity index (χ2v) is 8.88. The number of nitrogens with one attached hydrogen (secondary N) is 2. The van der Waals surface area contributed by atoms with Crippen LogP contribution in [0.25, 0.3) is 11.4 Å². The van der Waals surface area contributed by atoms with Gasteiger partial charge in [0.1, 0.15) is 16.7 Å². The minimum Gasteiger partial charge on any atom is -0.441 e. The Morgan fingerprint density at radius 1 is 1.16 bits per heavy atom. The van der Waals surface area contributed by atoms with Gasteiger partial charge in [-0.15, -0.1) is 5.10 Å². The van der Waals surface area contributed by atoms with E-state index in [-0.39, 0.29) is 28.0 Å². The molecule has 1 aliphatic carbocycles. The first-order valence-electron chi connectivity index (χ1n) is 10.8. The average Bonchev–Trinajstić information content (AvgIpc) is 3.17. The van der Waals surface area contributed by atoms with E-state index in [0.29, 0.717) is 5.56 Å². The van der Waals surface area contributed by atoms with Crippen LogP contribution in [0.1, 0.15) is 31.4 Å². The van der Waals surface area contributed by atoms with Crippen molar-refractivity contribution in [1.82, 2.24) is 25.0 Å². The number of aryl methyl sites for hydroxylation is 1. The first-order chi connectivity index (χ1) is 17.4. The summed E-state index contributed by atoms with van der Waals surface area (Å²) >= 11 is 6.03. The van der Waals surface area contributed by atoms with Gasteiger partial charge < -0.3 is 10.1 Å². The van der Waals surface area contributed by atoms with E-state index >= 15 is 0 Å². The van der Waals surface area contributed by atoms with Crippen molar-refractivity contribution >= 4 is 35.1 Å². The number of aromatic nitrogens is 5. The van der Waals surface area contributed by atoms with E-state index in [0.717, 1.165) is 6.20 Å².